The van der Waals surface area contributed by atoms with Crippen molar-refractivity contribution in [2.45, 2.75) is 33.2 Å². The highest BCUT2D eigenvalue weighted by molar-refractivity contribution is 14.0. The first-order valence-corrected chi connectivity index (χ1v) is 9.60. The van der Waals surface area contributed by atoms with Crippen LogP contribution in [0.1, 0.15) is 32.3 Å². The predicted molar refractivity (Wildman–Crippen MR) is 118 cm³/mol. The SMILES string of the molecule is CCNC(=NCc1ccc(OC)c(OCC)c1)N1CCC2(CCOC2)C1.I. The van der Waals surface area contributed by atoms with Gasteiger partial charge in [-0.1, -0.05) is 6.07 Å². The van der Waals surface area contributed by atoms with Gasteiger partial charge in [-0.2, -0.15) is 0 Å². The van der Waals surface area contributed by atoms with Crippen molar-refractivity contribution in [2.75, 3.05) is 46.6 Å². The second-order valence-corrected chi connectivity index (χ2v) is 7.06. The van der Waals surface area contributed by atoms with Crippen LogP contribution in [-0.4, -0.2) is 57.4 Å². The monoisotopic (exact) mass is 489 g/mol. The molecule has 1 aromatic rings. The lowest BCUT2D eigenvalue weighted by atomic mass is 9.87. The summed E-state index contributed by atoms with van der Waals surface area (Å²) in [6, 6.07) is 6.01. The summed E-state index contributed by atoms with van der Waals surface area (Å²) in [6.07, 6.45) is 2.35. The van der Waals surface area contributed by atoms with Crippen LogP contribution in [0.15, 0.2) is 23.2 Å². The second kappa shape index (κ2) is 10.4. The molecule has 7 heteroatoms. The topological polar surface area (TPSA) is 55.3 Å². The minimum Gasteiger partial charge on any atom is -0.493 e. The third-order valence-electron chi connectivity index (χ3n) is 5.20. The van der Waals surface area contributed by atoms with Crippen molar-refractivity contribution in [1.82, 2.24) is 10.2 Å². The quantitative estimate of drug-likeness (QED) is 0.378. The van der Waals surface area contributed by atoms with Gasteiger partial charge in [0, 0.05) is 31.7 Å². The molecular weight excluding hydrogens is 457 g/mol. The zero-order valence-corrected chi connectivity index (χ0v) is 19.0. The number of aliphatic imine (C=N–C) groups is 1. The smallest absolute Gasteiger partial charge is 0.194 e. The molecule has 3 rings (SSSR count). The zero-order chi connectivity index (χ0) is 18.4. The minimum atomic E-state index is 0. The first kappa shape index (κ1) is 22.1. The van der Waals surface area contributed by atoms with E-state index in [1.54, 1.807) is 7.11 Å². The number of nitrogens with zero attached hydrogens (tertiary/aromatic N) is 2. The molecule has 2 fully saturated rings. The number of benzene rings is 1. The standard InChI is InChI=1S/C20H31N3O3.HI/c1-4-21-19(23-10-8-20(14-23)9-11-25-15-20)22-13-16-6-7-17(24-3)18(12-16)26-5-2;/h6-7,12H,4-5,8-11,13-15H2,1-3H3,(H,21,22);1H. The highest BCUT2D eigenvalue weighted by atomic mass is 127. The summed E-state index contributed by atoms with van der Waals surface area (Å²) in [5, 5.41) is 3.44. The van der Waals surface area contributed by atoms with Crippen LogP contribution in [0.2, 0.25) is 0 Å². The fourth-order valence-corrected chi connectivity index (χ4v) is 3.77. The second-order valence-electron chi connectivity index (χ2n) is 7.06. The van der Waals surface area contributed by atoms with E-state index in [1.807, 2.05) is 25.1 Å². The lowest BCUT2D eigenvalue weighted by Crippen LogP contribution is -2.41. The third-order valence-corrected chi connectivity index (χ3v) is 5.20. The number of nitrogens with one attached hydrogen (secondary N) is 1. The molecule has 1 atom stereocenters. The van der Waals surface area contributed by atoms with E-state index in [1.165, 1.54) is 12.8 Å². The van der Waals surface area contributed by atoms with Gasteiger partial charge in [-0.25, -0.2) is 4.99 Å². The van der Waals surface area contributed by atoms with Crippen LogP contribution in [0.5, 0.6) is 11.5 Å². The molecule has 2 saturated heterocycles. The Morgan fingerprint density at radius 1 is 1.30 bits per heavy atom. The van der Waals surface area contributed by atoms with Crippen LogP contribution >= 0.6 is 24.0 Å². The molecule has 2 heterocycles. The van der Waals surface area contributed by atoms with Crippen molar-refractivity contribution in [3.63, 3.8) is 0 Å². The fourth-order valence-electron chi connectivity index (χ4n) is 3.77. The molecule has 0 bridgehead atoms. The summed E-state index contributed by atoms with van der Waals surface area (Å²) in [7, 11) is 1.66. The number of halogens is 1. The molecule has 2 aliphatic heterocycles. The molecule has 1 spiro atoms. The number of hydrogen-bond donors (Lipinski definition) is 1. The first-order chi connectivity index (χ1) is 12.7. The molecule has 0 aliphatic carbocycles. The van der Waals surface area contributed by atoms with E-state index in [2.05, 4.69) is 17.1 Å². The van der Waals surface area contributed by atoms with E-state index in [9.17, 15) is 0 Å². The Kier molecular flexibility index (Phi) is 8.47. The first-order valence-electron chi connectivity index (χ1n) is 9.60. The Balaban J connectivity index is 0.00000261. The van der Waals surface area contributed by atoms with Crippen LogP contribution < -0.4 is 14.8 Å². The van der Waals surface area contributed by atoms with Gasteiger partial charge >= 0.3 is 0 Å². The molecule has 6 nitrogen and oxygen atoms in total. The van der Waals surface area contributed by atoms with Crippen LogP contribution in [0, 0.1) is 5.41 Å². The van der Waals surface area contributed by atoms with E-state index >= 15 is 0 Å². The van der Waals surface area contributed by atoms with E-state index in [0.717, 1.165) is 55.9 Å². The van der Waals surface area contributed by atoms with Gasteiger partial charge in [0.1, 0.15) is 0 Å². The Labute approximate surface area is 179 Å². The maximum Gasteiger partial charge on any atom is 0.194 e. The summed E-state index contributed by atoms with van der Waals surface area (Å²) >= 11 is 0. The Hall–Kier alpha value is -1.22. The van der Waals surface area contributed by atoms with E-state index < -0.39 is 0 Å². The van der Waals surface area contributed by atoms with Crippen LogP contribution in [0.4, 0.5) is 0 Å². The lowest BCUT2D eigenvalue weighted by Gasteiger charge is -2.25. The normalized spacial score (nSPS) is 22.0. The number of rotatable bonds is 6. The van der Waals surface area contributed by atoms with Gasteiger partial charge in [0.25, 0.3) is 0 Å². The Morgan fingerprint density at radius 2 is 2.15 bits per heavy atom. The van der Waals surface area contributed by atoms with Gasteiger partial charge < -0.3 is 24.4 Å². The van der Waals surface area contributed by atoms with E-state index in [0.29, 0.717) is 18.6 Å². The minimum absolute atomic E-state index is 0. The molecule has 0 amide bonds. The summed E-state index contributed by atoms with van der Waals surface area (Å²) in [5.41, 5.74) is 1.45. The van der Waals surface area contributed by atoms with E-state index in [4.69, 9.17) is 19.2 Å². The largest absolute Gasteiger partial charge is 0.493 e. The molecule has 1 unspecified atom stereocenters. The zero-order valence-electron chi connectivity index (χ0n) is 16.6. The van der Waals surface area contributed by atoms with Crippen molar-refractivity contribution >= 4 is 29.9 Å². The Morgan fingerprint density at radius 3 is 2.81 bits per heavy atom. The molecule has 1 aromatic carbocycles. The Bertz CT molecular complexity index is 633. The van der Waals surface area contributed by atoms with Crippen molar-refractivity contribution < 1.29 is 14.2 Å². The van der Waals surface area contributed by atoms with Crippen molar-refractivity contribution in [3.8, 4) is 11.5 Å². The summed E-state index contributed by atoms with van der Waals surface area (Å²) in [4.78, 5) is 7.25. The van der Waals surface area contributed by atoms with Gasteiger partial charge in [-0.15, -0.1) is 24.0 Å². The van der Waals surface area contributed by atoms with Crippen molar-refractivity contribution in [2.24, 2.45) is 10.4 Å². The number of methoxy groups -OCH3 is 1. The third kappa shape index (κ3) is 5.40. The van der Waals surface area contributed by atoms with E-state index in [-0.39, 0.29) is 24.0 Å². The predicted octanol–water partition coefficient (Wildman–Crippen LogP) is 3.29. The number of guanidine groups is 1. The molecule has 0 aromatic heterocycles. The lowest BCUT2D eigenvalue weighted by molar-refractivity contribution is 0.156. The van der Waals surface area contributed by atoms with Gasteiger partial charge in [0.15, 0.2) is 17.5 Å². The number of likely N-dealkylation sites (tertiary alicyclic amines) is 1. The molecular formula is C20H32IN3O3. The molecule has 2 aliphatic rings. The van der Waals surface area contributed by atoms with Crippen molar-refractivity contribution in [1.29, 1.82) is 0 Å². The average Bonchev–Trinajstić information content (AvgIpc) is 3.29. The number of hydrogen-bond acceptors (Lipinski definition) is 4. The summed E-state index contributed by atoms with van der Waals surface area (Å²) in [5.74, 6) is 2.52. The maximum atomic E-state index is 5.67. The highest BCUT2D eigenvalue weighted by Crippen LogP contribution is 2.38. The maximum absolute atomic E-state index is 5.67. The van der Waals surface area contributed by atoms with Gasteiger partial charge in [0.05, 0.1) is 26.9 Å². The number of ether oxygens (including phenoxy) is 3. The van der Waals surface area contributed by atoms with Crippen molar-refractivity contribution in [3.05, 3.63) is 23.8 Å². The molecule has 0 radical (unpaired) electrons. The van der Waals surface area contributed by atoms with Gasteiger partial charge in [0.2, 0.25) is 0 Å². The van der Waals surface area contributed by atoms with Crippen LogP contribution in [0.3, 0.4) is 0 Å². The highest BCUT2D eigenvalue weighted by Gasteiger charge is 2.42. The van der Waals surface area contributed by atoms with Gasteiger partial charge in [-0.05, 0) is 44.4 Å². The fraction of sp³-hybridized carbons (Fsp3) is 0.650. The average molecular weight is 489 g/mol. The summed E-state index contributed by atoms with van der Waals surface area (Å²) in [6.45, 7) is 10.0. The molecule has 27 heavy (non-hydrogen) atoms. The summed E-state index contributed by atoms with van der Waals surface area (Å²) < 4.78 is 16.7. The molecule has 1 N–H and O–H groups in total. The molecule has 152 valence electrons. The molecule has 0 saturated carbocycles. The van der Waals surface area contributed by atoms with Gasteiger partial charge in [-0.3, -0.25) is 0 Å². The van der Waals surface area contributed by atoms with Crippen LogP contribution in [-0.2, 0) is 11.3 Å². The van der Waals surface area contributed by atoms with Crippen LogP contribution in [0.25, 0.3) is 0 Å².